The summed E-state index contributed by atoms with van der Waals surface area (Å²) in [4.78, 5) is 13.0. The van der Waals surface area contributed by atoms with E-state index in [0.29, 0.717) is 24.4 Å². The number of hydrogen-bond donors (Lipinski definition) is 1. The molecule has 0 spiro atoms. The van der Waals surface area contributed by atoms with Gasteiger partial charge in [0.15, 0.2) is 6.29 Å². The lowest BCUT2D eigenvalue weighted by atomic mass is 9.78. The van der Waals surface area contributed by atoms with E-state index in [0.717, 1.165) is 19.3 Å². The van der Waals surface area contributed by atoms with Gasteiger partial charge < -0.3 is 14.8 Å². The number of unbranched alkanes of at least 4 members (excludes halogenated alkanes) is 9. The number of carbonyl (C=O) groups is 1. The third kappa shape index (κ3) is 26.0. The molecule has 5 unspecified atom stereocenters. The van der Waals surface area contributed by atoms with Gasteiger partial charge in [-0.1, -0.05) is 118 Å². The normalized spacial score (nSPS) is 17.9. The molecule has 0 bridgehead atoms. The van der Waals surface area contributed by atoms with E-state index in [1.165, 1.54) is 57.8 Å². The van der Waals surface area contributed by atoms with Crippen molar-refractivity contribution < 1.29 is 14.3 Å². The molecule has 8 atom stereocenters. The summed E-state index contributed by atoms with van der Waals surface area (Å²) in [5.74, 6) is 62.6. The zero-order chi connectivity index (χ0) is 43.9. The lowest BCUT2D eigenvalue weighted by Crippen LogP contribution is -2.49. The Morgan fingerprint density at radius 2 is 1.05 bits per heavy atom. The molecule has 1 saturated heterocycles. The van der Waals surface area contributed by atoms with Crippen molar-refractivity contribution in [2.24, 2.45) is 29.6 Å². The molecule has 308 valence electrons. The van der Waals surface area contributed by atoms with E-state index >= 15 is 0 Å². The fourth-order valence-electron chi connectivity index (χ4n) is 6.26. The molecule has 0 aliphatic carbocycles. The maximum absolute atomic E-state index is 13.0. The van der Waals surface area contributed by atoms with Crippen LogP contribution in [0.25, 0.3) is 0 Å². The van der Waals surface area contributed by atoms with Crippen molar-refractivity contribution in [2.45, 2.75) is 151 Å². The van der Waals surface area contributed by atoms with Crippen LogP contribution < -0.4 is 5.32 Å². The van der Waals surface area contributed by atoms with Crippen LogP contribution in [0.15, 0.2) is 12.2 Å². The highest BCUT2D eigenvalue weighted by molar-refractivity contribution is 5.94. The minimum absolute atomic E-state index is 0.131. The zero-order valence-corrected chi connectivity index (χ0v) is 37.2. The Balaban J connectivity index is 2.77. The first kappa shape index (κ1) is 51.9. The van der Waals surface area contributed by atoms with Crippen molar-refractivity contribution in [3.63, 3.8) is 0 Å². The Morgan fingerprint density at radius 1 is 0.600 bits per heavy atom. The van der Waals surface area contributed by atoms with Crippen LogP contribution in [-0.2, 0) is 14.3 Å². The molecule has 1 fully saturated rings. The topological polar surface area (TPSA) is 47.6 Å². The summed E-state index contributed by atoms with van der Waals surface area (Å²) in [6.45, 7) is 17.6. The van der Waals surface area contributed by atoms with Gasteiger partial charge in [-0.05, 0) is 151 Å². The molecule has 1 aliphatic heterocycles. The molecule has 0 aromatic heterocycles. The molecular weight excluding hydrogens is 735 g/mol. The van der Waals surface area contributed by atoms with Crippen LogP contribution in [0.5, 0.6) is 0 Å². The van der Waals surface area contributed by atoms with Gasteiger partial charge >= 0.3 is 0 Å². The van der Waals surface area contributed by atoms with E-state index in [4.69, 9.17) is 9.47 Å². The van der Waals surface area contributed by atoms with Gasteiger partial charge in [0, 0.05) is 47.4 Å². The van der Waals surface area contributed by atoms with Gasteiger partial charge in [0.05, 0.1) is 18.8 Å². The lowest BCUT2D eigenvalue weighted by Gasteiger charge is -2.43. The number of hydrogen-bond acceptors (Lipinski definition) is 3. The van der Waals surface area contributed by atoms with Gasteiger partial charge in [-0.2, -0.15) is 0 Å². The molecule has 60 heavy (non-hydrogen) atoms. The van der Waals surface area contributed by atoms with Crippen LogP contribution in [0.2, 0.25) is 0 Å². The molecule has 1 aliphatic rings. The fraction of sp³-hybridized carbons (Fsp3) is 0.518. The summed E-state index contributed by atoms with van der Waals surface area (Å²) in [5, 5.41) is 3.11. The Bertz CT molecular complexity index is 2170. The molecule has 1 heterocycles. The Hall–Kier alpha value is -6.15. The number of nitrogens with one attached hydrogen (secondary N) is 1. The summed E-state index contributed by atoms with van der Waals surface area (Å²) in [7, 11) is 0. The standard InChI is InChI=1S/C56H61NO3/c1-9-12-14-16-18-20-22-24-25-26-27-28-29-30-31-32-33-34-36-38-40-42-44-46-55(58)57-53(47-59-56-52(8)50(6)51(7)54(11-3)60-56)49(5)48(4)45-43-41-39-37-35-23-21-19-17-15-13-10-2/h41,43,48-54,56H,10-11,13,15,17,19,21,23,35,37,39,45,47H2,1-8H3,(H,57,58)/b43-41+/t48-,49-,50?,51?,52?,53+,54?,56?/m1/s1. The highest BCUT2D eigenvalue weighted by Crippen LogP contribution is 2.36. The van der Waals surface area contributed by atoms with E-state index in [-0.39, 0.29) is 30.3 Å². The third-order valence-corrected chi connectivity index (χ3v) is 10.4. The molecule has 1 amide bonds. The van der Waals surface area contributed by atoms with Gasteiger partial charge in [-0.3, -0.25) is 4.79 Å². The monoisotopic (exact) mass is 795 g/mol. The number of carbonyl (C=O) groups excluding carboxylic acids is 1. The average Bonchev–Trinajstić information content (AvgIpc) is 3.25. The van der Waals surface area contributed by atoms with Crippen LogP contribution in [0, 0.1) is 172 Å². The van der Waals surface area contributed by atoms with Crippen molar-refractivity contribution in [3.05, 3.63) is 12.2 Å². The predicted octanol–water partition coefficient (Wildman–Crippen LogP) is 8.73. The molecule has 0 aromatic carbocycles. The largest absolute Gasteiger partial charge is 0.350 e. The summed E-state index contributed by atoms with van der Waals surface area (Å²) in [6.07, 6.45) is 19.4. The zero-order valence-electron chi connectivity index (χ0n) is 37.2. The predicted molar refractivity (Wildman–Crippen MR) is 247 cm³/mol. The molecule has 0 aromatic rings. The minimum Gasteiger partial charge on any atom is -0.350 e. The molecule has 0 saturated carbocycles. The van der Waals surface area contributed by atoms with Crippen molar-refractivity contribution in [3.8, 4) is 142 Å². The van der Waals surface area contributed by atoms with E-state index in [1.807, 2.05) is 0 Å². The van der Waals surface area contributed by atoms with E-state index in [9.17, 15) is 4.79 Å². The third-order valence-electron chi connectivity index (χ3n) is 10.4. The van der Waals surface area contributed by atoms with Gasteiger partial charge in [-0.25, -0.2) is 0 Å². The smallest absolute Gasteiger partial charge is 0.297 e. The number of amides is 1. The fourth-order valence-corrected chi connectivity index (χ4v) is 6.26. The highest BCUT2D eigenvalue weighted by Gasteiger charge is 2.39. The summed E-state index contributed by atoms with van der Waals surface area (Å²) in [5.41, 5.74) is 0. The van der Waals surface area contributed by atoms with Crippen molar-refractivity contribution in [1.29, 1.82) is 0 Å². The van der Waals surface area contributed by atoms with Crippen LogP contribution in [0.1, 0.15) is 132 Å². The second kappa shape index (κ2) is 36.0. The van der Waals surface area contributed by atoms with Crippen LogP contribution in [0.3, 0.4) is 0 Å². The number of rotatable bonds is 19. The molecule has 4 heteroatoms. The Labute approximate surface area is 365 Å². The average molecular weight is 796 g/mol. The molecule has 4 nitrogen and oxygen atoms in total. The second-order valence-electron chi connectivity index (χ2n) is 14.7. The van der Waals surface area contributed by atoms with Gasteiger partial charge in [-0.15, -0.1) is 0 Å². The van der Waals surface area contributed by atoms with Gasteiger partial charge in [0.25, 0.3) is 5.91 Å². The molecule has 1 rings (SSSR count). The summed E-state index contributed by atoms with van der Waals surface area (Å²) in [6, 6.07) is -0.254. The molecule has 1 N–H and O–H groups in total. The molecular formula is C56H61NO3. The first-order chi connectivity index (χ1) is 29.3. The van der Waals surface area contributed by atoms with E-state index in [2.05, 4.69) is 208 Å². The van der Waals surface area contributed by atoms with Crippen molar-refractivity contribution >= 4 is 5.91 Å². The SMILES string of the molecule is CC#CC#CC#CC#CC#CC#CC#CC#CC#CC#CC#CC#CC(=O)N[C@@H](COC1OC(CC)C(C)C(C)C1C)[C@H](C)[C@H](C)C/C=C/CCCCCCCCCCC. The second-order valence-corrected chi connectivity index (χ2v) is 14.7. The highest BCUT2D eigenvalue weighted by atomic mass is 16.7. The van der Waals surface area contributed by atoms with Crippen molar-refractivity contribution in [2.75, 3.05) is 6.61 Å². The van der Waals surface area contributed by atoms with E-state index < -0.39 is 5.91 Å². The maximum atomic E-state index is 13.0. The summed E-state index contributed by atoms with van der Waals surface area (Å²) >= 11 is 0. The van der Waals surface area contributed by atoms with Crippen LogP contribution in [0.4, 0.5) is 0 Å². The number of ether oxygens (including phenoxy) is 2. The maximum Gasteiger partial charge on any atom is 0.297 e. The lowest BCUT2D eigenvalue weighted by molar-refractivity contribution is -0.251. The first-order valence-corrected chi connectivity index (χ1v) is 21.4. The Morgan fingerprint density at radius 3 is 1.52 bits per heavy atom. The van der Waals surface area contributed by atoms with Crippen molar-refractivity contribution in [1.82, 2.24) is 5.32 Å². The minimum atomic E-state index is -0.413. The van der Waals surface area contributed by atoms with Gasteiger partial charge in [0.1, 0.15) is 0 Å². The quantitative estimate of drug-likeness (QED) is 0.0809. The van der Waals surface area contributed by atoms with Crippen LogP contribution >= 0.6 is 0 Å². The van der Waals surface area contributed by atoms with E-state index in [1.54, 1.807) is 6.92 Å². The summed E-state index contributed by atoms with van der Waals surface area (Å²) < 4.78 is 12.9. The Kier molecular flexibility index (Phi) is 31.1. The van der Waals surface area contributed by atoms with Gasteiger partial charge in [0.2, 0.25) is 0 Å². The van der Waals surface area contributed by atoms with Crippen LogP contribution in [-0.4, -0.2) is 30.9 Å². The first-order valence-electron chi connectivity index (χ1n) is 21.4. The number of allylic oxidation sites excluding steroid dienone is 2. The molecule has 0 radical (unpaired) electrons.